The third-order valence-electron chi connectivity index (χ3n) is 7.61. The van der Waals surface area contributed by atoms with Crippen LogP contribution < -0.4 is 9.62 Å². The molecule has 0 unspecified atom stereocenters. The maximum absolute atomic E-state index is 14.1. The smallest absolute Gasteiger partial charge is 0.264 e. The van der Waals surface area contributed by atoms with Crippen LogP contribution in [0.3, 0.4) is 0 Å². The maximum atomic E-state index is 14.1. The van der Waals surface area contributed by atoms with Crippen LogP contribution in [0.15, 0.2) is 77.7 Å². The van der Waals surface area contributed by atoms with Gasteiger partial charge in [0.25, 0.3) is 10.0 Å². The topological polar surface area (TPSA) is 86.8 Å². The molecule has 1 aliphatic carbocycles. The van der Waals surface area contributed by atoms with Gasteiger partial charge >= 0.3 is 0 Å². The lowest BCUT2D eigenvalue weighted by atomic mass is 9.95. The lowest BCUT2D eigenvalue weighted by molar-refractivity contribution is -0.140. The summed E-state index contributed by atoms with van der Waals surface area (Å²) in [5.74, 6) is -1.26. The number of aryl methyl sites for hydroxylation is 1. The maximum Gasteiger partial charge on any atom is 0.264 e. The summed E-state index contributed by atoms with van der Waals surface area (Å²) in [6.07, 6.45) is 5.28. The number of anilines is 1. The average molecular weight is 614 g/mol. The first-order valence-corrected chi connectivity index (χ1v) is 16.1. The number of nitrogens with zero attached hydrogens (tertiary/aromatic N) is 2. The molecule has 1 N–H and O–H groups in total. The quantitative estimate of drug-likeness (QED) is 0.277. The predicted octanol–water partition coefficient (Wildman–Crippen LogP) is 6.24. The molecule has 0 saturated heterocycles. The molecule has 1 atom stereocenters. The summed E-state index contributed by atoms with van der Waals surface area (Å²) >= 11 is 6.08. The van der Waals surface area contributed by atoms with Gasteiger partial charge in [0, 0.05) is 17.6 Å². The highest BCUT2D eigenvalue weighted by atomic mass is 35.5. The third-order valence-corrected chi connectivity index (χ3v) is 9.65. The molecule has 10 heteroatoms. The minimum absolute atomic E-state index is 0.00867. The number of nitrogens with one attached hydrogen (secondary N) is 1. The van der Waals surface area contributed by atoms with Crippen LogP contribution in [0.4, 0.5) is 10.1 Å². The number of amides is 2. The molecule has 0 bridgehead atoms. The van der Waals surface area contributed by atoms with Gasteiger partial charge in [0.2, 0.25) is 11.8 Å². The molecule has 0 aromatic heterocycles. The summed E-state index contributed by atoms with van der Waals surface area (Å²) < 4.78 is 42.6. The first-order valence-electron chi connectivity index (χ1n) is 14.3. The molecule has 1 fully saturated rings. The Morgan fingerprint density at radius 2 is 1.57 bits per heavy atom. The van der Waals surface area contributed by atoms with E-state index in [9.17, 15) is 22.4 Å². The Labute approximate surface area is 252 Å². The highest BCUT2D eigenvalue weighted by molar-refractivity contribution is 7.92. The molecule has 7 nitrogen and oxygen atoms in total. The Hall–Kier alpha value is -3.43. The zero-order valence-electron chi connectivity index (χ0n) is 23.9. The zero-order valence-corrected chi connectivity index (χ0v) is 25.5. The molecule has 3 aromatic rings. The molecular formula is C32H37ClFN3O4S. The van der Waals surface area contributed by atoms with Crippen LogP contribution in [0.1, 0.15) is 56.6 Å². The number of hydrogen-bond donors (Lipinski definition) is 1. The molecule has 1 saturated carbocycles. The number of sulfonamides is 1. The first kappa shape index (κ1) is 31.5. The molecule has 3 aromatic carbocycles. The number of rotatable bonds is 11. The lowest BCUT2D eigenvalue weighted by Crippen LogP contribution is -2.54. The van der Waals surface area contributed by atoms with E-state index in [4.69, 9.17) is 11.6 Å². The summed E-state index contributed by atoms with van der Waals surface area (Å²) in [7, 11) is -4.17. The standard InChI is InChI=1S/C32H37ClFN3O4S/c1-3-30(32(39)35-27-7-5-4-6-8-27)36(21-24-11-15-26(34)16-12-24)31(38)22-37(28-17-13-25(33)14-18-28)42(40,41)29-19-9-23(2)10-20-29/h9-20,27,30H,3-8,21-22H2,1-2H3,(H,35,39)/t30-/m0/s1. The van der Waals surface area contributed by atoms with Gasteiger partial charge in [-0.25, -0.2) is 12.8 Å². The van der Waals surface area contributed by atoms with Crippen molar-refractivity contribution in [1.82, 2.24) is 10.2 Å². The van der Waals surface area contributed by atoms with E-state index in [1.807, 2.05) is 13.8 Å². The van der Waals surface area contributed by atoms with E-state index < -0.39 is 34.3 Å². The van der Waals surface area contributed by atoms with Gasteiger partial charge in [-0.2, -0.15) is 0 Å². The van der Waals surface area contributed by atoms with Crippen molar-refractivity contribution >= 4 is 39.1 Å². The molecule has 2 amide bonds. The van der Waals surface area contributed by atoms with Crippen LogP contribution >= 0.6 is 11.6 Å². The van der Waals surface area contributed by atoms with Gasteiger partial charge in [0.1, 0.15) is 18.4 Å². The van der Waals surface area contributed by atoms with Crippen molar-refractivity contribution in [3.63, 3.8) is 0 Å². The molecule has 0 heterocycles. The number of carbonyl (C=O) groups excluding carboxylic acids is 2. The number of benzene rings is 3. The fraction of sp³-hybridized carbons (Fsp3) is 0.375. The Morgan fingerprint density at radius 3 is 2.17 bits per heavy atom. The molecule has 1 aliphatic rings. The van der Waals surface area contributed by atoms with Crippen molar-refractivity contribution in [2.45, 2.75) is 75.9 Å². The number of hydrogen-bond acceptors (Lipinski definition) is 4. The SMILES string of the molecule is CC[C@@H](C(=O)NC1CCCCC1)N(Cc1ccc(F)cc1)C(=O)CN(c1ccc(Cl)cc1)S(=O)(=O)c1ccc(C)cc1. The summed E-state index contributed by atoms with van der Waals surface area (Å²) in [6.45, 7) is 3.13. The highest BCUT2D eigenvalue weighted by Gasteiger charge is 2.34. The Balaban J connectivity index is 1.69. The minimum atomic E-state index is -4.17. The predicted molar refractivity (Wildman–Crippen MR) is 163 cm³/mol. The molecule has 224 valence electrons. The molecule has 0 radical (unpaired) electrons. The summed E-state index contributed by atoms with van der Waals surface area (Å²) in [6, 6.07) is 17.5. The normalized spacial score (nSPS) is 14.7. The minimum Gasteiger partial charge on any atom is -0.352 e. The van der Waals surface area contributed by atoms with E-state index in [0.717, 1.165) is 42.0 Å². The lowest BCUT2D eigenvalue weighted by Gasteiger charge is -2.34. The van der Waals surface area contributed by atoms with Crippen LogP contribution in [0.25, 0.3) is 0 Å². The largest absolute Gasteiger partial charge is 0.352 e. The second-order valence-electron chi connectivity index (χ2n) is 10.7. The van der Waals surface area contributed by atoms with Gasteiger partial charge in [-0.3, -0.25) is 13.9 Å². The second-order valence-corrected chi connectivity index (χ2v) is 13.0. The first-order chi connectivity index (χ1) is 20.1. The van der Waals surface area contributed by atoms with Gasteiger partial charge in [-0.05, 0) is 80.3 Å². The Kier molecular flexibility index (Phi) is 10.6. The fourth-order valence-electron chi connectivity index (χ4n) is 5.22. The van der Waals surface area contributed by atoms with E-state index in [0.29, 0.717) is 17.0 Å². The van der Waals surface area contributed by atoms with Gasteiger partial charge in [0.05, 0.1) is 10.6 Å². The van der Waals surface area contributed by atoms with Crippen LogP contribution in [-0.2, 0) is 26.2 Å². The van der Waals surface area contributed by atoms with Crippen LogP contribution in [0.5, 0.6) is 0 Å². The zero-order chi connectivity index (χ0) is 30.3. The molecule has 0 spiro atoms. The molecule has 4 rings (SSSR count). The van der Waals surface area contributed by atoms with E-state index in [2.05, 4.69) is 5.32 Å². The number of carbonyl (C=O) groups is 2. The van der Waals surface area contributed by atoms with Crippen LogP contribution in [0.2, 0.25) is 5.02 Å². The third kappa shape index (κ3) is 7.89. The highest BCUT2D eigenvalue weighted by Crippen LogP contribution is 2.27. The Morgan fingerprint density at radius 1 is 0.952 bits per heavy atom. The second kappa shape index (κ2) is 14.2. The number of halogens is 2. The summed E-state index contributed by atoms with van der Waals surface area (Å²) in [5.41, 5.74) is 1.77. The van der Waals surface area contributed by atoms with Gasteiger partial charge in [0.15, 0.2) is 0 Å². The summed E-state index contributed by atoms with van der Waals surface area (Å²) in [5, 5.41) is 3.53. The van der Waals surface area contributed by atoms with Crippen molar-refractivity contribution in [3.8, 4) is 0 Å². The summed E-state index contributed by atoms with van der Waals surface area (Å²) in [4.78, 5) is 29.1. The van der Waals surface area contributed by atoms with Gasteiger partial charge in [-0.15, -0.1) is 0 Å². The fourth-order valence-corrected chi connectivity index (χ4v) is 6.76. The van der Waals surface area contributed by atoms with E-state index in [1.165, 1.54) is 29.2 Å². The monoisotopic (exact) mass is 613 g/mol. The van der Waals surface area contributed by atoms with Gasteiger partial charge in [-0.1, -0.05) is 67.6 Å². The van der Waals surface area contributed by atoms with E-state index in [1.54, 1.807) is 48.5 Å². The van der Waals surface area contributed by atoms with Crippen LogP contribution in [0, 0.1) is 12.7 Å². The van der Waals surface area contributed by atoms with Crippen molar-refractivity contribution in [2.24, 2.45) is 0 Å². The van der Waals surface area contributed by atoms with Crippen molar-refractivity contribution in [3.05, 3.63) is 94.8 Å². The average Bonchev–Trinajstić information content (AvgIpc) is 2.98. The van der Waals surface area contributed by atoms with Crippen molar-refractivity contribution in [2.75, 3.05) is 10.8 Å². The van der Waals surface area contributed by atoms with Crippen LogP contribution in [-0.4, -0.2) is 43.8 Å². The van der Waals surface area contributed by atoms with Gasteiger partial charge < -0.3 is 10.2 Å². The molecule has 0 aliphatic heterocycles. The van der Waals surface area contributed by atoms with Crippen molar-refractivity contribution in [1.29, 1.82) is 0 Å². The molecule has 42 heavy (non-hydrogen) atoms. The van der Waals surface area contributed by atoms with E-state index >= 15 is 0 Å². The Bertz CT molecular complexity index is 1460. The van der Waals surface area contributed by atoms with E-state index in [-0.39, 0.29) is 29.1 Å². The molecular weight excluding hydrogens is 577 g/mol. The van der Waals surface area contributed by atoms with Crippen molar-refractivity contribution < 1.29 is 22.4 Å².